The Bertz CT molecular complexity index is 787. The lowest BCUT2D eigenvalue weighted by Crippen LogP contribution is -2.51. The van der Waals surface area contributed by atoms with Crippen LogP contribution in [0.3, 0.4) is 0 Å². The summed E-state index contributed by atoms with van der Waals surface area (Å²) >= 11 is 0. The highest BCUT2D eigenvalue weighted by atomic mass is 19.4. The SMILES string of the molecule is CC(N)C1CCCCN1C(=O)c1cn(-c2cccc(C(F)(F)F)c2)nn1. The van der Waals surface area contributed by atoms with Crippen LogP contribution in [0.25, 0.3) is 5.69 Å². The first-order valence-corrected chi connectivity index (χ1v) is 8.44. The van der Waals surface area contributed by atoms with Crippen LogP contribution in [-0.4, -0.2) is 44.4 Å². The number of amides is 1. The number of carbonyl (C=O) groups is 1. The first-order chi connectivity index (χ1) is 12.3. The van der Waals surface area contributed by atoms with Crippen molar-refractivity contribution in [3.05, 3.63) is 41.7 Å². The normalized spacial score (nSPS) is 19.4. The topological polar surface area (TPSA) is 77.0 Å². The molecule has 1 aliphatic rings. The maximum atomic E-state index is 12.9. The molecule has 2 unspecified atom stereocenters. The molecule has 1 aliphatic heterocycles. The van der Waals surface area contributed by atoms with E-state index in [0.717, 1.165) is 31.4 Å². The second-order valence-electron chi connectivity index (χ2n) is 6.52. The smallest absolute Gasteiger partial charge is 0.333 e. The van der Waals surface area contributed by atoms with Crippen LogP contribution in [0.4, 0.5) is 13.2 Å². The molecule has 0 aliphatic carbocycles. The molecule has 2 heterocycles. The van der Waals surface area contributed by atoms with E-state index in [4.69, 9.17) is 5.73 Å². The zero-order chi connectivity index (χ0) is 18.9. The minimum absolute atomic E-state index is 0.0741. The van der Waals surface area contributed by atoms with Gasteiger partial charge in [0.05, 0.1) is 17.4 Å². The molecule has 1 amide bonds. The highest BCUT2D eigenvalue weighted by molar-refractivity contribution is 5.92. The molecule has 0 bridgehead atoms. The van der Waals surface area contributed by atoms with Crippen LogP contribution in [0.5, 0.6) is 0 Å². The molecule has 0 spiro atoms. The van der Waals surface area contributed by atoms with Gasteiger partial charge in [0.25, 0.3) is 5.91 Å². The standard InChI is InChI=1S/C17H20F3N5O/c1-11(21)15-7-2-3-8-24(15)16(26)14-10-25(23-22-14)13-6-4-5-12(9-13)17(18,19)20/h4-6,9-11,15H,2-3,7-8,21H2,1H3. The molecule has 6 nitrogen and oxygen atoms in total. The molecule has 26 heavy (non-hydrogen) atoms. The van der Waals surface area contributed by atoms with Crippen molar-refractivity contribution in [2.45, 2.75) is 44.4 Å². The lowest BCUT2D eigenvalue weighted by Gasteiger charge is -2.37. The number of nitrogens with two attached hydrogens (primary N) is 1. The van der Waals surface area contributed by atoms with Gasteiger partial charge >= 0.3 is 6.18 Å². The van der Waals surface area contributed by atoms with Gasteiger partial charge in [0.2, 0.25) is 0 Å². The van der Waals surface area contributed by atoms with Crippen molar-refractivity contribution in [3.8, 4) is 5.69 Å². The summed E-state index contributed by atoms with van der Waals surface area (Å²) in [5.74, 6) is -0.301. The van der Waals surface area contributed by atoms with Gasteiger partial charge in [-0.25, -0.2) is 4.68 Å². The van der Waals surface area contributed by atoms with E-state index in [1.54, 1.807) is 4.90 Å². The number of piperidine rings is 1. The molecule has 3 rings (SSSR count). The highest BCUT2D eigenvalue weighted by Crippen LogP contribution is 2.30. The number of alkyl halides is 3. The molecule has 0 radical (unpaired) electrons. The van der Waals surface area contributed by atoms with E-state index in [2.05, 4.69) is 10.3 Å². The van der Waals surface area contributed by atoms with E-state index in [1.807, 2.05) is 6.92 Å². The van der Waals surface area contributed by atoms with Gasteiger partial charge in [-0.2, -0.15) is 13.2 Å². The zero-order valence-electron chi connectivity index (χ0n) is 14.3. The van der Waals surface area contributed by atoms with Gasteiger partial charge < -0.3 is 10.6 Å². The molecule has 1 aromatic heterocycles. The van der Waals surface area contributed by atoms with Crippen molar-refractivity contribution < 1.29 is 18.0 Å². The number of nitrogens with zero attached hydrogens (tertiary/aromatic N) is 4. The Labute approximate surface area is 148 Å². The van der Waals surface area contributed by atoms with Crippen LogP contribution in [0.2, 0.25) is 0 Å². The first-order valence-electron chi connectivity index (χ1n) is 8.44. The molecule has 1 saturated heterocycles. The fourth-order valence-electron chi connectivity index (χ4n) is 3.22. The Morgan fingerprint density at radius 2 is 2.12 bits per heavy atom. The van der Waals surface area contributed by atoms with Crippen molar-refractivity contribution in [1.82, 2.24) is 19.9 Å². The lowest BCUT2D eigenvalue weighted by atomic mass is 9.96. The predicted molar refractivity (Wildman–Crippen MR) is 88.7 cm³/mol. The van der Waals surface area contributed by atoms with Crippen LogP contribution >= 0.6 is 0 Å². The summed E-state index contributed by atoms with van der Waals surface area (Å²) in [6.45, 7) is 2.44. The molecule has 1 aromatic carbocycles. The summed E-state index contributed by atoms with van der Waals surface area (Å²) in [6.07, 6.45) is -0.382. The average Bonchev–Trinajstić information content (AvgIpc) is 3.10. The number of rotatable bonds is 3. The molecule has 2 atom stereocenters. The van der Waals surface area contributed by atoms with E-state index in [9.17, 15) is 18.0 Å². The fourth-order valence-corrected chi connectivity index (χ4v) is 3.22. The van der Waals surface area contributed by atoms with Crippen molar-refractivity contribution >= 4 is 5.91 Å². The van der Waals surface area contributed by atoms with Crippen LogP contribution in [0.15, 0.2) is 30.5 Å². The van der Waals surface area contributed by atoms with E-state index < -0.39 is 11.7 Å². The van der Waals surface area contributed by atoms with Gasteiger partial charge in [-0.1, -0.05) is 11.3 Å². The van der Waals surface area contributed by atoms with E-state index in [0.29, 0.717) is 6.54 Å². The number of halogens is 3. The summed E-state index contributed by atoms with van der Waals surface area (Å²) in [5.41, 5.74) is 5.48. The molecule has 2 N–H and O–H groups in total. The van der Waals surface area contributed by atoms with Crippen molar-refractivity contribution in [3.63, 3.8) is 0 Å². The van der Waals surface area contributed by atoms with Gasteiger partial charge in [0, 0.05) is 18.6 Å². The molecule has 140 valence electrons. The van der Waals surface area contributed by atoms with Crippen LogP contribution in [-0.2, 0) is 6.18 Å². The van der Waals surface area contributed by atoms with Crippen molar-refractivity contribution in [2.75, 3.05) is 6.54 Å². The quantitative estimate of drug-likeness (QED) is 0.905. The van der Waals surface area contributed by atoms with Gasteiger partial charge in [-0.15, -0.1) is 5.10 Å². The third-order valence-electron chi connectivity index (χ3n) is 4.57. The summed E-state index contributed by atoms with van der Waals surface area (Å²) in [7, 11) is 0. The minimum Gasteiger partial charge on any atom is -0.333 e. The van der Waals surface area contributed by atoms with Crippen LogP contribution in [0.1, 0.15) is 42.2 Å². The van der Waals surface area contributed by atoms with Gasteiger partial charge in [0.1, 0.15) is 0 Å². The molecular weight excluding hydrogens is 347 g/mol. The summed E-state index contributed by atoms with van der Waals surface area (Å²) < 4.78 is 39.8. The summed E-state index contributed by atoms with van der Waals surface area (Å²) in [6, 6.07) is 4.47. The fraction of sp³-hybridized carbons (Fsp3) is 0.471. The van der Waals surface area contributed by atoms with Crippen molar-refractivity contribution in [1.29, 1.82) is 0 Å². The average molecular weight is 367 g/mol. The number of likely N-dealkylation sites (tertiary alicyclic amines) is 1. The largest absolute Gasteiger partial charge is 0.416 e. The number of hydrogen-bond acceptors (Lipinski definition) is 4. The maximum Gasteiger partial charge on any atom is 0.416 e. The Morgan fingerprint density at radius 1 is 1.35 bits per heavy atom. The van der Waals surface area contributed by atoms with E-state index in [1.165, 1.54) is 23.0 Å². The zero-order valence-corrected chi connectivity index (χ0v) is 14.3. The summed E-state index contributed by atoms with van der Waals surface area (Å²) in [4.78, 5) is 14.4. The van der Waals surface area contributed by atoms with Crippen molar-refractivity contribution in [2.24, 2.45) is 5.73 Å². The monoisotopic (exact) mass is 367 g/mol. The van der Waals surface area contributed by atoms with Crippen LogP contribution < -0.4 is 5.73 Å². The van der Waals surface area contributed by atoms with E-state index in [-0.39, 0.29) is 29.4 Å². The minimum atomic E-state index is -4.45. The molecule has 0 saturated carbocycles. The second-order valence-corrected chi connectivity index (χ2v) is 6.52. The number of hydrogen-bond donors (Lipinski definition) is 1. The summed E-state index contributed by atoms with van der Waals surface area (Å²) in [5, 5.41) is 7.67. The van der Waals surface area contributed by atoms with Crippen LogP contribution in [0, 0.1) is 0 Å². The molecular formula is C17H20F3N5O. The number of carbonyl (C=O) groups excluding carboxylic acids is 1. The van der Waals surface area contributed by atoms with Gasteiger partial charge in [-0.3, -0.25) is 4.79 Å². The third-order valence-corrected chi connectivity index (χ3v) is 4.57. The maximum absolute atomic E-state index is 12.9. The molecule has 1 fully saturated rings. The second kappa shape index (κ2) is 7.06. The molecule has 2 aromatic rings. The lowest BCUT2D eigenvalue weighted by molar-refractivity contribution is -0.137. The Kier molecular flexibility index (Phi) is 4.99. The van der Waals surface area contributed by atoms with Gasteiger partial charge in [0.15, 0.2) is 5.69 Å². The van der Waals surface area contributed by atoms with Gasteiger partial charge in [-0.05, 0) is 44.4 Å². The first kappa shape index (κ1) is 18.4. The Hall–Kier alpha value is -2.42. The Balaban J connectivity index is 1.85. The molecule has 9 heteroatoms. The Morgan fingerprint density at radius 3 is 2.81 bits per heavy atom. The van der Waals surface area contributed by atoms with E-state index >= 15 is 0 Å². The number of benzene rings is 1. The number of aromatic nitrogens is 3. The third kappa shape index (κ3) is 3.72. The predicted octanol–water partition coefficient (Wildman–Crippen LogP) is 2.63. The highest BCUT2D eigenvalue weighted by Gasteiger charge is 2.32.